The zero-order chi connectivity index (χ0) is 15.1. The molecular weight excluding hydrogens is 268 g/mol. The van der Waals surface area contributed by atoms with Gasteiger partial charge in [0.1, 0.15) is 11.0 Å². The topological polar surface area (TPSA) is 33.2 Å². The van der Waals surface area contributed by atoms with Crippen LogP contribution in [0.25, 0.3) is 0 Å². The second-order valence-electron chi connectivity index (χ2n) is 6.73. The van der Waals surface area contributed by atoms with Crippen LogP contribution >= 0.6 is 0 Å². The van der Waals surface area contributed by atoms with Gasteiger partial charge in [0, 0.05) is 18.9 Å². The van der Waals surface area contributed by atoms with Crippen molar-refractivity contribution in [3.8, 4) is 0 Å². The molecule has 0 aromatic carbocycles. The average Bonchev–Trinajstić information content (AvgIpc) is 2.75. The van der Waals surface area contributed by atoms with Crippen molar-refractivity contribution in [3.05, 3.63) is 29.1 Å². The van der Waals surface area contributed by atoms with Gasteiger partial charge in [0.05, 0.1) is 10.3 Å². The average molecular weight is 294 g/mol. The molecule has 0 N–H and O–H groups in total. The molecule has 1 aliphatic carbocycles. The first-order valence-corrected chi connectivity index (χ1v) is 8.45. The van der Waals surface area contributed by atoms with Gasteiger partial charge >= 0.3 is 0 Å². The van der Waals surface area contributed by atoms with Crippen molar-refractivity contribution in [1.29, 1.82) is 0 Å². The molecule has 2 unspecified atom stereocenters. The van der Waals surface area contributed by atoms with E-state index in [1.165, 1.54) is 11.1 Å². The summed E-state index contributed by atoms with van der Waals surface area (Å²) in [6.45, 7) is 10.3. The van der Waals surface area contributed by atoms with Gasteiger partial charge in [-0.1, -0.05) is 6.92 Å². The number of aryl methyl sites for hydroxylation is 2. The fraction of sp³-hybridized carbons (Fsp3) is 0.688. The molecule has 20 heavy (non-hydrogen) atoms. The Balaban J connectivity index is 2.48. The van der Waals surface area contributed by atoms with Crippen LogP contribution in [0.15, 0.2) is 12.3 Å². The predicted octanol–water partition coefficient (Wildman–Crippen LogP) is 3.34. The summed E-state index contributed by atoms with van der Waals surface area (Å²) < 4.78 is 14.7. The summed E-state index contributed by atoms with van der Waals surface area (Å²) >= 11 is 0. The van der Waals surface area contributed by atoms with Gasteiger partial charge in [-0.3, -0.25) is 4.98 Å². The van der Waals surface area contributed by atoms with E-state index in [-0.39, 0.29) is 10.3 Å². The molecule has 0 aliphatic heterocycles. The first-order valence-electron chi connectivity index (χ1n) is 7.34. The minimum atomic E-state index is -1.01. The van der Waals surface area contributed by atoms with Crippen LogP contribution in [0.4, 0.5) is 0 Å². The minimum absolute atomic E-state index is 0.110. The molecule has 1 heterocycles. The number of aromatic nitrogens is 1. The molecule has 0 saturated heterocycles. The Morgan fingerprint density at radius 3 is 2.65 bits per heavy atom. The van der Waals surface area contributed by atoms with Crippen molar-refractivity contribution in [3.63, 3.8) is 0 Å². The van der Waals surface area contributed by atoms with E-state index in [4.69, 9.17) is 0 Å². The highest BCUT2D eigenvalue weighted by Gasteiger charge is 2.45. The van der Waals surface area contributed by atoms with Crippen LogP contribution < -0.4 is 0 Å². The summed E-state index contributed by atoms with van der Waals surface area (Å²) in [5.41, 5.74) is 3.57. The van der Waals surface area contributed by atoms with Gasteiger partial charge in [-0.05, 0) is 64.2 Å². The van der Waals surface area contributed by atoms with E-state index >= 15 is 0 Å². The second-order valence-corrected chi connectivity index (χ2v) is 9.00. The maximum Gasteiger partial charge on any atom is 0.100 e. The normalized spacial score (nSPS) is 23.9. The number of rotatable bonds is 3. The Kier molecular flexibility index (Phi) is 4.09. The molecule has 1 aliphatic rings. The molecule has 0 fully saturated rings. The highest BCUT2D eigenvalue weighted by atomic mass is 32.2. The van der Waals surface area contributed by atoms with E-state index in [9.17, 15) is 4.21 Å². The standard InChI is InChI=1S/C16H26N2OS/c1-7-16(18(6)20(19)15(3,4)5)9-8-13-11-17-12(2)10-14(13)16/h10-11H,7-9H2,1-6H3. The molecule has 2 atom stereocenters. The summed E-state index contributed by atoms with van der Waals surface area (Å²) in [6, 6.07) is 2.18. The summed E-state index contributed by atoms with van der Waals surface area (Å²) in [5, 5.41) is 0. The quantitative estimate of drug-likeness (QED) is 0.856. The van der Waals surface area contributed by atoms with E-state index in [0.29, 0.717) is 0 Å². The number of fused-ring (bicyclic) bond motifs is 1. The third-order valence-electron chi connectivity index (χ3n) is 4.39. The van der Waals surface area contributed by atoms with Gasteiger partial charge in [0.15, 0.2) is 0 Å². The fourth-order valence-corrected chi connectivity index (χ4v) is 4.64. The summed E-state index contributed by atoms with van der Waals surface area (Å²) in [6.07, 6.45) is 5.03. The Morgan fingerprint density at radius 1 is 1.45 bits per heavy atom. The van der Waals surface area contributed by atoms with Crippen LogP contribution in [-0.2, 0) is 22.9 Å². The van der Waals surface area contributed by atoms with E-state index < -0.39 is 11.0 Å². The SMILES string of the molecule is CCC1(N(C)S(=O)C(C)(C)C)CCc2cnc(C)cc21. The van der Waals surface area contributed by atoms with Crippen LogP contribution in [0.1, 0.15) is 57.4 Å². The van der Waals surface area contributed by atoms with Crippen molar-refractivity contribution in [1.82, 2.24) is 9.29 Å². The van der Waals surface area contributed by atoms with E-state index in [0.717, 1.165) is 25.0 Å². The fourth-order valence-electron chi connectivity index (χ4n) is 3.18. The van der Waals surface area contributed by atoms with Gasteiger partial charge in [0.25, 0.3) is 0 Å². The second kappa shape index (κ2) is 5.23. The highest BCUT2D eigenvalue weighted by molar-refractivity contribution is 7.84. The zero-order valence-corrected chi connectivity index (χ0v) is 14.3. The maximum absolute atomic E-state index is 12.8. The predicted molar refractivity (Wildman–Crippen MR) is 84.9 cm³/mol. The number of hydrogen-bond acceptors (Lipinski definition) is 2. The van der Waals surface area contributed by atoms with Crippen molar-refractivity contribution in [2.24, 2.45) is 0 Å². The molecule has 112 valence electrons. The van der Waals surface area contributed by atoms with Gasteiger partial charge in [-0.15, -0.1) is 0 Å². The lowest BCUT2D eigenvalue weighted by molar-refractivity contribution is 0.215. The molecule has 0 saturated carbocycles. The number of pyridine rings is 1. The largest absolute Gasteiger partial charge is 0.261 e. The van der Waals surface area contributed by atoms with Crippen LogP contribution in [0, 0.1) is 6.92 Å². The van der Waals surface area contributed by atoms with E-state index in [2.05, 4.69) is 22.3 Å². The summed E-state index contributed by atoms with van der Waals surface area (Å²) in [7, 11) is 0.998. The Bertz CT molecular complexity index is 536. The first kappa shape index (κ1) is 15.6. The number of nitrogens with zero attached hydrogens (tertiary/aromatic N) is 2. The monoisotopic (exact) mass is 294 g/mol. The molecule has 3 nitrogen and oxygen atoms in total. The van der Waals surface area contributed by atoms with Crippen molar-refractivity contribution < 1.29 is 4.21 Å². The Labute approximate surface area is 125 Å². The van der Waals surface area contributed by atoms with E-state index in [1.54, 1.807) is 0 Å². The van der Waals surface area contributed by atoms with Crippen LogP contribution in [-0.4, -0.2) is 25.3 Å². The minimum Gasteiger partial charge on any atom is -0.261 e. The Hall–Kier alpha value is -0.740. The third kappa shape index (κ3) is 2.44. The molecule has 4 heteroatoms. The van der Waals surface area contributed by atoms with Crippen LogP contribution in [0.2, 0.25) is 0 Å². The first-order chi connectivity index (χ1) is 9.22. The molecule has 2 rings (SSSR count). The molecule has 1 aromatic rings. The molecular formula is C16H26N2OS. The smallest absolute Gasteiger partial charge is 0.100 e. The molecule has 1 aromatic heterocycles. The van der Waals surface area contributed by atoms with Crippen molar-refractivity contribution in [2.45, 2.75) is 64.2 Å². The molecule has 0 radical (unpaired) electrons. The maximum atomic E-state index is 12.8. The van der Waals surface area contributed by atoms with Gasteiger partial charge in [0.2, 0.25) is 0 Å². The van der Waals surface area contributed by atoms with Gasteiger partial charge in [-0.25, -0.2) is 8.51 Å². The van der Waals surface area contributed by atoms with Crippen molar-refractivity contribution >= 4 is 11.0 Å². The van der Waals surface area contributed by atoms with Crippen LogP contribution in [0.3, 0.4) is 0 Å². The Morgan fingerprint density at radius 2 is 2.10 bits per heavy atom. The molecule has 0 spiro atoms. The lowest BCUT2D eigenvalue weighted by Crippen LogP contribution is -2.47. The number of hydrogen-bond donors (Lipinski definition) is 0. The summed E-state index contributed by atoms with van der Waals surface area (Å²) in [4.78, 5) is 4.41. The highest BCUT2D eigenvalue weighted by Crippen LogP contribution is 2.45. The summed E-state index contributed by atoms with van der Waals surface area (Å²) in [5.74, 6) is 0. The van der Waals surface area contributed by atoms with Crippen molar-refractivity contribution in [2.75, 3.05) is 7.05 Å². The van der Waals surface area contributed by atoms with Gasteiger partial charge in [-0.2, -0.15) is 0 Å². The molecule has 0 amide bonds. The van der Waals surface area contributed by atoms with E-state index in [1.807, 2.05) is 40.9 Å². The zero-order valence-electron chi connectivity index (χ0n) is 13.5. The lowest BCUT2D eigenvalue weighted by Gasteiger charge is -2.41. The van der Waals surface area contributed by atoms with Crippen LogP contribution in [0.5, 0.6) is 0 Å². The third-order valence-corrected chi connectivity index (χ3v) is 6.29. The molecule has 0 bridgehead atoms. The lowest BCUT2D eigenvalue weighted by atomic mass is 9.89. The van der Waals surface area contributed by atoms with Gasteiger partial charge < -0.3 is 0 Å².